The minimum Gasteiger partial charge on any atom is -0.493 e. The predicted octanol–water partition coefficient (Wildman–Crippen LogP) is 2.77. The van der Waals surface area contributed by atoms with Gasteiger partial charge in [0.15, 0.2) is 0 Å². The fourth-order valence-electron chi connectivity index (χ4n) is 1.86. The van der Waals surface area contributed by atoms with Crippen molar-refractivity contribution in [3.05, 3.63) is 11.3 Å². The van der Waals surface area contributed by atoms with Crippen LogP contribution in [0.4, 0.5) is 0 Å². The van der Waals surface area contributed by atoms with Gasteiger partial charge in [0.25, 0.3) is 0 Å². The zero-order chi connectivity index (χ0) is 11.6. The van der Waals surface area contributed by atoms with Crippen molar-refractivity contribution in [3.8, 4) is 5.88 Å². The molecule has 1 heterocycles. The lowest BCUT2D eigenvalue weighted by Crippen LogP contribution is -2.13. The van der Waals surface area contributed by atoms with Gasteiger partial charge in [0, 0.05) is 12.6 Å². The molecule has 0 radical (unpaired) electrons. The number of aromatic nitrogens is 2. The number of unbranched alkanes of at least 4 members (excludes halogenated alkanes) is 1. The molecule has 0 unspecified atom stereocenters. The molecule has 1 aromatic rings. The van der Waals surface area contributed by atoms with Crippen molar-refractivity contribution in [2.75, 3.05) is 0 Å². The number of aromatic hydroxyl groups is 1. The van der Waals surface area contributed by atoms with Crippen molar-refractivity contribution in [2.24, 2.45) is 7.05 Å². The Hall–Kier alpha value is -0.990. The lowest BCUT2D eigenvalue weighted by molar-refractivity contribution is 0.401. The molecule has 0 saturated carbocycles. The summed E-state index contributed by atoms with van der Waals surface area (Å²) in [7, 11) is 1.79. The summed E-state index contributed by atoms with van der Waals surface area (Å²) in [4.78, 5) is 0. The average molecular weight is 210 g/mol. The van der Waals surface area contributed by atoms with Crippen LogP contribution in [0.3, 0.4) is 0 Å². The molecule has 0 aliphatic carbocycles. The highest BCUT2D eigenvalue weighted by Gasteiger charge is 2.26. The van der Waals surface area contributed by atoms with Crippen LogP contribution in [0, 0.1) is 0 Å². The Morgan fingerprint density at radius 1 is 1.33 bits per heavy atom. The van der Waals surface area contributed by atoms with Gasteiger partial charge in [-0.05, 0) is 18.3 Å². The third-order valence-corrected chi connectivity index (χ3v) is 2.61. The largest absolute Gasteiger partial charge is 0.493 e. The van der Waals surface area contributed by atoms with E-state index in [0.717, 1.165) is 30.5 Å². The van der Waals surface area contributed by atoms with Crippen LogP contribution < -0.4 is 0 Å². The Morgan fingerprint density at radius 2 is 1.93 bits per heavy atom. The smallest absolute Gasteiger partial charge is 0.213 e. The molecule has 86 valence electrons. The highest BCUT2D eigenvalue weighted by molar-refractivity contribution is 5.36. The first kappa shape index (κ1) is 12.1. The molecule has 0 aliphatic heterocycles. The van der Waals surface area contributed by atoms with Crippen molar-refractivity contribution >= 4 is 0 Å². The molecule has 0 fully saturated rings. The number of aryl methyl sites for hydroxylation is 2. The molecule has 15 heavy (non-hydrogen) atoms. The second-order valence-corrected chi connectivity index (χ2v) is 5.12. The second kappa shape index (κ2) is 4.25. The molecule has 0 spiro atoms. The molecule has 0 atom stereocenters. The van der Waals surface area contributed by atoms with Gasteiger partial charge in [-0.15, -0.1) is 0 Å². The van der Waals surface area contributed by atoms with Crippen LogP contribution in [0.1, 0.15) is 51.8 Å². The molecule has 0 saturated heterocycles. The zero-order valence-electron chi connectivity index (χ0n) is 10.5. The summed E-state index contributed by atoms with van der Waals surface area (Å²) in [5.41, 5.74) is 2.00. The summed E-state index contributed by atoms with van der Waals surface area (Å²) in [6, 6.07) is 0. The predicted molar refractivity (Wildman–Crippen MR) is 62.2 cm³/mol. The van der Waals surface area contributed by atoms with Gasteiger partial charge in [-0.25, -0.2) is 4.68 Å². The maximum absolute atomic E-state index is 9.95. The quantitative estimate of drug-likeness (QED) is 0.833. The SMILES string of the molecule is CCCCc1nn(C)c(O)c1C(C)(C)C. The molecule has 1 rings (SSSR count). The third kappa shape index (κ3) is 2.52. The van der Waals surface area contributed by atoms with E-state index in [1.165, 1.54) is 0 Å². The lowest BCUT2D eigenvalue weighted by Gasteiger charge is -2.18. The first-order valence-corrected chi connectivity index (χ1v) is 5.63. The van der Waals surface area contributed by atoms with E-state index in [1.54, 1.807) is 11.7 Å². The molecule has 3 heteroatoms. The van der Waals surface area contributed by atoms with Crippen LogP contribution in [-0.4, -0.2) is 14.9 Å². The van der Waals surface area contributed by atoms with E-state index < -0.39 is 0 Å². The Labute approximate surface area is 92.1 Å². The molecular formula is C12H22N2O. The lowest BCUT2D eigenvalue weighted by atomic mass is 9.86. The van der Waals surface area contributed by atoms with Gasteiger partial charge in [-0.2, -0.15) is 5.10 Å². The zero-order valence-corrected chi connectivity index (χ0v) is 10.5. The van der Waals surface area contributed by atoms with E-state index in [1.807, 2.05) is 0 Å². The maximum Gasteiger partial charge on any atom is 0.213 e. The van der Waals surface area contributed by atoms with Crippen LogP contribution in [0.15, 0.2) is 0 Å². The molecule has 1 aromatic heterocycles. The van der Waals surface area contributed by atoms with E-state index in [9.17, 15) is 5.11 Å². The standard InChI is InChI=1S/C12H22N2O/c1-6-7-8-9-10(12(2,3)4)11(15)14(5)13-9/h15H,6-8H2,1-5H3. The number of rotatable bonds is 3. The Morgan fingerprint density at radius 3 is 2.40 bits per heavy atom. The molecule has 0 bridgehead atoms. The van der Waals surface area contributed by atoms with Gasteiger partial charge in [0.2, 0.25) is 5.88 Å². The molecule has 3 nitrogen and oxygen atoms in total. The van der Waals surface area contributed by atoms with Gasteiger partial charge < -0.3 is 5.11 Å². The second-order valence-electron chi connectivity index (χ2n) is 5.12. The average Bonchev–Trinajstić information content (AvgIpc) is 2.38. The van der Waals surface area contributed by atoms with E-state index in [0.29, 0.717) is 5.88 Å². The third-order valence-electron chi connectivity index (χ3n) is 2.61. The van der Waals surface area contributed by atoms with Gasteiger partial charge in [0.1, 0.15) is 0 Å². The highest BCUT2D eigenvalue weighted by atomic mass is 16.3. The van der Waals surface area contributed by atoms with Crippen LogP contribution in [0.5, 0.6) is 5.88 Å². The molecule has 0 aromatic carbocycles. The summed E-state index contributed by atoms with van der Waals surface area (Å²) in [5, 5.41) is 14.3. The summed E-state index contributed by atoms with van der Waals surface area (Å²) in [6.07, 6.45) is 3.23. The van der Waals surface area contributed by atoms with Crippen molar-refractivity contribution < 1.29 is 5.11 Å². The first-order valence-electron chi connectivity index (χ1n) is 5.63. The molecular weight excluding hydrogens is 188 g/mol. The van der Waals surface area contributed by atoms with E-state index in [-0.39, 0.29) is 5.41 Å². The number of hydrogen-bond acceptors (Lipinski definition) is 2. The normalized spacial score (nSPS) is 12.1. The summed E-state index contributed by atoms with van der Waals surface area (Å²) < 4.78 is 1.57. The Balaban J connectivity index is 3.10. The minimum absolute atomic E-state index is 0.0403. The van der Waals surface area contributed by atoms with Gasteiger partial charge >= 0.3 is 0 Å². The summed E-state index contributed by atoms with van der Waals surface area (Å²) in [6.45, 7) is 8.50. The van der Waals surface area contributed by atoms with Crippen molar-refractivity contribution in [2.45, 2.75) is 52.4 Å². The van der Waals surface area contributed by atoms with E-state index in [2.05, 4.69) is 32.8 Å². The Kier molecular flexibility index (Phi) is 3.42. The van der Waals surface area contributed by atoms with Gasteiger partial charge in [-0.1, -0.05) is 34.1 Å². The van der Waals surface area contributed by atoms with Crippen LogP contribution in [0.25, 0.3) is 0 Å². The topological polar surface area (TPSA) is 38.0 Å². The monoisotopic (exact) mass is 210 g/mol. The minimum atomic E-state index is -0.0403. The van der Waals surface area contributed by atoms with Crippen molar-refractivity contribution in [1.82, 2.24) is 9.78 Å². The number of hydrogen-bond donors (Lipinski definition) is 1. The van der Waals surface area contributed by atoms with Crippen molar-refractivity contribution in [1.29, 1.82) is 0 Å². The summed E-state index contributed by atoms with van der Waals surface area (Å²) >= 11 is 0. The van der Waals surface area contributed by atoms with Crippen LogP contribution in [0.2, 0.25) is 0 Å². The number of nitrogens with zero attached hydrogens (tertiary/aromatic N) is 2. The molecule has 0 aliphatic rings. The first-order chi connectivity index (χ1) is 6.88. The van der Waals surface area contributed by atoms with Gasteiger partial charge in [-0.3, -0.25) is 0 Å². The van der Waals surface area contributed by atoms with E-state index in [4.69, 9.17) is 0 Å². The molecule has 1 N–H and O–H groups in total. The Bertz CT molecular complexity index is 334. The molecule has 0 amide bonds. The van der Waals surface area contributed by atoms with Crippen LogP contribution in [-0.2, 0) is 18.9 Å². The van der Waals surface area contributed by atoms with Gasteiger partial charge in [0.05, 0.1) is 5.69 Å². The van der Waals surface area contributed by atoms with Crippen molar-refractivity contribution in [3.63, 3.8) is 0 Å². The fourth-order valence-corrected chi connectivity index (χ4v) is 1.86. The fraction of sp³-hybridized carbons (Fsp3) is 0.750. The maximum atomic E-state index is 9.95. The summed E-state index contributed by atoms with van der Waals surface area (Å²) in [5.74, 6) is 0.314. The van der Waals surface area contributed by atoms with Crippen LogP contribution >= 0.6 is 0 Å². The van der Waals surface area contributed by atoms with E-state index >= 15 is 0 Å². The highest BCUT2D eigenvalue weighted by Crippen LogP contribution is 2.33.